The molecule has 1 aromatic carbocycles. The molecule has 0 radical (unpaired) electrons. The Labute approximate surface area is 125 Å². The Morgan fingerprint density at radius 3 is 2.71 bits per heavy atom. The van der Waals surface area contributed by atoms with Gasteiger partial charge in [0.25, 0.3) is 0 Å². The molecule has 114 valence electrons. The third-order valence-corrected chi connectivity index (χ3v) is 3.32. The van der Waals surface area contributed by atoms with Gasteiger partial charge in [-0.2, -0.15) is 0 Å². The number of rotatable bonds is 7. The Balaban J connectivity index is 1.95. The van der Waals surface area contributed by atoms with E-state index in [-0.39, 0.29) is 17.7 Å². The number of carbonyl (C=O) groups excluding carboxylic acids is 2. The molecule has 2 amide bonds. The van der Waals surface area contributed by atoms with E-state index in [1.54, 1.807) is 0 Å². The third-order valence-electron chi connectivity index (χ3n) is 3.32. The Hall–Kier alpha value is -2.04. The summed E-state index contributed by atoms with van der Waals surface area (Å²) in [5, 5.41) is 5.71. The first kappa shape index (κ1) is 15.4. The first-order valence-electron chi connectivity index (χ1n) is 7.41. The van der Waals surface area contributed by atoms with Crippen LogP contribution in [0.5, 0.6) is 5.75 Å². The van der Waals surface area contributed by atoms with Crippen molar-refractivity contribution in [3.8, 4) is 5.75 Å². The van der Waals surface area contributed by atoms with Gasteiger partial charge in [-0.15, -0.1) is 0 Å². The average molecular weight is 290 g/mol. The Morgan fingerprint density at radius 2 is 2.10 bits per heavy atom. The molecule has 1 saturated carbocycles. The molecule has 0 heterocycles. The molecule has 2 N–H and O–H groups in total. The summed E-state index contributed by atoms with van der Waals surface area (Å²) in [6, 6.07) is 5.71. The van der Waals surface area contributed by atoms with E-state index in [1.165, 1.54) is 6.92 Å². The lowest BCUT2D eigenvalue weighted by Crippen LogP contribution is -2.26. The Morgan fingerprint density at radius 1 is 1.33 bits per heavy atom. The first-order valence-corrected chi connectivity index (χ1v) is 7.41. The van der Waals surface area contributed by atoms with E-state index < -0.39 is 0 Å². The zero-order chi connectivity index (χ0) is 15.2. The SMILES string of the molecule is CCOc1ccc(CCNC(=O)C2CC2)cc1NC(C)=O. The quantitative estimate of drug-likeness (QED) is 0.808. The predicted octanol–water partition coefficient (Wildman–Crippen LogP) is 2.11. The molecule has 0 saturated heterocycles. The van der Waals surface area contributed by atoms with Gasteiger partial charge in [0.15, 0.2) is 0 Å². The summed E-state index contributed by atoms with van der Waals surface area (Å²) < 4.78 is 5.49. The molecule has 1 aliphatic rings. The second-order valence-corrected chi connectivity index (χ2v) is 5.26. The molecular weight excluding hydrogens is 268 g/mol. The van der Waals surface area contributed by atoms with Gasteiger partial charge in [0.1, 0.15) is 5.75 Å². The van der Waals surface area contributed by atoms with Gasteiger partial charge in [-0.1, -0.05) is 6.07 Å². The summed E-state index contributed by atoms with van der Waals surface area (Å²) in [5.41, 5.74) is 1.73. The number of ether oxygens (including phenoxy) is 1. The van der Waals surface area contributed by atoms with E-state index in [0.29, 0.717) is 24.6 Å². The fourth-order valence-electron chi connectivity index (χ4n) is 2.12. The number of anilines is 1. The molecule has 1 aliphatic carbocycles. The van der Waals surface area contributed by atoms with Crippen molar-refractivity contribution in [1.82, 2.24) is 5.32 Å². The maximum atomic E-state index is 11.6. The smallest absolute Gasteiger partial charge is 0.223 e. The van der Waals surface area contributed by atoms with E-state index in [4.69, 9.17) is 4.74 Å². The maximum absolute atomic E-state index is 11.6. The van der Waals surface area contributed by atoms with Gasteiger partial charge in [0.2, 0.25) is 11.8 Å². The second kappa shape index (κ2) is 7.11. The molecule has 1 fully saturated rings. The number of hydrogen-bond donors (Lipinski definition) is 2. The highest BCUT2D eigenvalue weighted by Gasteiger charge is 2.28. The van der Waals surface area contributed by atoms with Gasteiger partial charge < -0.3 is 15.4 Å². The first-order chi connectivity index (χ1) is 10.1. The fraction of sp³-hybridized carbons (Fsp3) is 0.500. The molecule has 21 heavy (non-hydrogen) atoms. The molecule has 0 spiro atoms. The summed E-state index contributed by atoms with van der Waals surface area (Å²) in [6.45, 7) is 4.53. The highest BCUT2D eigenvalue weighted by Crippen LogP contribution is 2.29. The largest absolute Gasteiger partial charge is 0.492 e. The minimum Gasteiger partial charge on any atom is -0.492 e. The van der Waals surface area contributed by atoms with Crippen LogP contribution in [0.15, 0.2) is 18.2 Å². The highest BCUT2D eigenvalue weighted by atomic mass is 16.5. The zero-order valence-corrected chi connectivity index (χ0v) is 12.6. The molecular formula is C16H22N2O3. The normalized spacial score (nSPS) is 13.6. The topological polar surface area (TPSA) is 67.4 Å². The molecule has 0 aromatic heterocycles. The van der Waals surface area contributed by atoms with Gasteiger partial charge in [0.05, 0.1) is 12.3 Å². The van der Waals surface area contributed by atoms with Gasteiger partial charge in [-0.25, -0.2) is 0 Å². The van der Waals surface area contributed by atoms with Crippen molar-refractivity contribution in [1.29, 1.82) is 0 Å². The van der Waals surface area contributed by atoms with Crippen LogP contribution in [0, 0.1) is 5.92 Å². The maximum Gasteiger partial charge on any atom is 0.223 e. The summed E-state index contributed by atoms with van der Waals surface area (Å²) in [4.78, 5) is 22.8. The number of nitrogens with one attached hydrogen (secondary N) is 2. The standard InChI is InChI=1S/C16H22N2O3/c1-3-21-15-7-4-12(10-14(15)18-11(2)19)8-9-17-16(20)13-5-6-13/h4,7,10,13H,3,5-6,8-9H2,1-2H3,(H,17,20)(H,18,19). The molecule has 5 heteroatoms. The van der Waals surface area contributed by atoms with E-state index in [2.05, 4.69) is 10.6 Å². The van der Waals surface area contributed by atoms with E-state index in [1.807, 2.05) is 25.1 Å². The molecule has 0 bridgehead atoms. The molecule has 2 rings (SSSR count). The van der Waals surface area contributed by atoms with Gasteiger partial charge in [0, 0.05) is 19.4 Å². The van der Waals surface area contributed by atoms with Gasteiger partial charge in [-0.05, 0) is 43.9 Å². The Kier molecular flexibility index (Phi) is 5.20. The van der Waals surface area contributed by atoms with Crippen LogP contribution < -0.4 is 15.4 Å². The minimum absolute atomic E-state index is 0.130. The summed E-state index contributed by atoms with van der Waals surface area (Å²) >= 11 is 0. The lowest BCUT2D eigenvalue weighted by Gasteiger charge is -2.12. The van der Waals surface area contributed by atoms with Crippen LogP contribution in [0.1, 0.15) is 32.3 Å². The molecule has 0 aliphatic heterocycles. The van der Waals surface area contributed by atoms with Crippen molar-refractivity contribution >= 4 is 17.5 Å². The van der Waals surface area contributed by atoms with E-state index in [9.17, 15) is 9.59 Å². The van der Waals surface area contributed by atoms with Crippen LogP contribution in [-0.4, -0.2) is 25.0 Å². The van der Waals surface area contributed by atoms with Gasteiger partial charge in [-0.3, -0.25) is 9.59 Å². The van der Waals surface area contributed by atoms with Crippen molar-refractivity contribution in [2.45, 2.75) is 33.1 Å². The van der Waals surface area contributed by atoms with Crippen LogP contribution in [-0.2, 0) is 16.0 Å². The number of amides is 2. The van der Waals surface area contributed by atoms with Crippen LogP contribution in [0.2, 0.25) is 0 Å². The zero-order valence-electron chi connectivity index (χ0n) is 12.6. The summed E-state index contributed by atoms with van der Waals surface area (Å²) in [6.07, 6.45) is 2.76. The van der Waals surface area contributed by atoms with E-state index >= 15 is 0 Å². The second-order valence-electron chi connectivity index (χ2n) is 5.26. The molecule has 0 unspecified atom stereocenters. The number of carbonyl (C=O) groups is 2. The molecule has 5 nitrogen and oxygen atoms in total. The minimum atomic E-state index is -0.130. The third kappa shape index (κ3) is 4.77. The Bertz CT molecular complexity index is 524. The average Bonchev–Trinajstić information content (AvgIpc) is 3.25. The number of hydrogen-bond acceptors (Lipinski definition) is 3. The van der Waals surface area contributed by atoms with Crippen LogP contribution >= 0.6 is 0 Å². The van der Waals surface area contributed by atoms with Crippen molar-refractivity contribution in [2.75, 3.05) is 18.5 Å². The van der Waals surface area contributed by atoms with Crippen molar-refractivity contribution in [3.63, 3.8) is 0 Å². The lowest BCUT2D eigenvalue weighted by atomic mass is 10.1. The van der Waals surface area contributed by atoms with E-state index in [0.717, 1.165) is 24.8 Å². The van der Waals surface area contributed by atoms with Crippen LogP contribution in [0.3, 0.4) is 0 Å². The van der Waals surface area contributed by atoms with Crippen LogP contribution in [0.25, 0.3) is 0 Å². The molecule has 1 aromatic rings. The monoisotopic (exact) mass is 290 g/mol. The van der Waals surface area contributed by atoms with Crippen molar-refractivity contribution in [2.24, 2.45) is 5.92 Å². The van der Waals surface area contributed by atoms with Gasteiger partial charge >= 0.3 is 0 Å². The van der Waals surface area contributed by atoms with Crippen molar-refractivity contribution < 1.29 is 14.3 Å². The molecule has 0 atom stereocenters. The summed E-state index contributed by atoms with van der Waals surface area (Å²) in [7, 11) is 0. The fourth-order valence-corrected chi connectivity index (χ4v) is 2.12. The van der Waals surface area contributed by atoms with Crippen LogP contribution in [0.4, 0.5) is 5.69 Å². The lowest BCUT2D eigenvalue weighted by molar-refractivity contribution is -0.122. The summed E-state index contributed by atoms with van der Waals surface area (Å²) in [5.74, 6) is 0.928. The predicted molar refractivity (Wildman–Crippen MR) is 81.4 cm³/mol. The van der Waals surface area contributed by atoms with Crippen molar-refractivity contribution in [3.05, 3.63) is 23.8 Å². The number of benzene rings is 1. The highest BCUT2D eigenvalue weighted by molar-refractivity contribution is 5.90.